The van der Waals surface area contributed by atoms with Crippen LogP contribution in [0.5, 0.6) is 5.75 Å². The van der Waals surface area contributed by atoms with E-state index in [0.29, 0.717) is 12.2 Å². The molecule has 1 heterocycles. The zero-order valence-electron chi connectivity index (χ0n) is 21.1. The first kappa shape index (κ1) is 28.7. The van der Waals surface area contributed by atoms with Crippen LogP contribution in [0.25, 0.3) is 6.08 Å². The normalized spacial score (nSPS) is 21.8. The summed E-state index contributed by atoms with van der Waals surface area (Å²) in [4.78, 5) is 34.1. The molecule has 2 N–H and O–H groups in total. The number of carbonyl (C=O) groups is 3. The van der Waals surface area contributed by atoms with E-state index in [4.69, 9.17) is 19.7 Å². The van der Waals surface area contributed by atoms with Gasteiger partial charge in [0.15, 0.2) is 5.78 Å². The predicted molar refractivity (Wildman–Crippen MR) is 138 cm³/mol. The Morgan fingerprint density at radius 2 is 1.67 bits per heavy atom. The Balaban J connectivity index is 0.000000493. The number of carbonyl (C=O) groups excluding carboxylic acids is 1. The third-order valence-electron chi connectivity index (χ3n) is 6.14. The Morgan fingerprint density at radius 1 is 1.06 bits per heavy atom. The maximum atomic E-state index is 12.6. The van der Waals surface area contributed by atoms with Crippen LogP contribution in [0.1, 0.15) is 32.3 Å². The van der Waals surface area contributed by atoms with Gasteiger partial charge in [-0.05, 0) is 56.6 Å². The molecule has 0 aromatic heterocycles. The number of allylic oxidation sites excluding steroid dienone is 3. The van der Waals surface area contributed by atoms with Crippen molar-refractivity contribution in [3.63, 3.8) is 0 Å². The lowest BCUT2D eigenvalue weighted by atomic mass is 9.83. The van der Waals surface area contributed by atoms with Gasteiger partial charge in [0.1, 0.15) is 5.75 Å². The third-order valence-corrected chi connectivity index (χ3v) is 6.14. The van der Waals surface area contributed by atoms with Gasteiger partial charge in [-0.15, -0.1) is 0 Å². The van der Waals surface area contributed by atoms with Gasteiger partial charge in [0.05, 0.1) is 19.3 Å². The quantitative estimate of drug-likeness (QED) is 0.467. The number of aliphatic carboxylic acids is 2. The summed E-state index contributed by atoms with van der Waals surface area (Å²) in [6, 6.07) is 7.64. The fraction of sp³-hybridized carbons (Fsp3) is 0.393. The van der Waals surface area contributed by atoms with Crippen LogP contribution in [0.15, 0.2) is 66.3 Å². The van der Waals surface area contributed by atoms with Crippen molar-refractivity contribution in [3.05, 3.63) is 71.9 Å². The summed E-state index contributed by atoms with van der Waals surface area (Å²) < 4.78 is 11.4. The van der Waals surface area contributed by atoms with E-state index in [9.17, 15) is 14.4 Å². The monoisotopic (exact) mass is 497 g/mol. The van der Waals surface area contributed by atoms with E-state index >= 15 is 0 Å². The number of ketones is 1. The van der Waals surface area contributed by atoms with Crippen LogP contribution < -0.4 is 4.74 Å². The van der Waals surface area contributed by atoms with Crippen LogP contribution in [0.2, 0.25) is 0 Å². The molecule has 36 heavy (non-hydrogen) atoms. The molecule has 1 aliphatic heterocycles. The molecule has 2 atom stereocenters. The van der Waals surface area contributed by atoms with Crippen molar-refractivity contribution in [1.82, 2.24) is 4.90 Å². The summed E-state index contributed by atoms with van der Waals surface area (Å²) in [5.74, 6) is -1.55. The molecular formula is C28H35NO7. The van der Waals surface area contributed by atoms with Crippen molar-refractivity contribution in [3.8, 4) is 5.75 Å². The second-order valence-electron chi connectivity index (χ2n) is 8.81. The summed E-state index contributed by atoms with van der Waals surface area (Å²) in [7, 11) is 1.64. The molecule has 1 aromatic carbocycles. The van der Waals surface area contributed by atoms with Crippen LogP contribution in [0, 0.1) is 5.92 Å². The van der Waals surface area contributed by atoms with E-state index in [1.807, 2.05) is 48.6 Å². The smallest absolute Gasteiger partial charge is 0.328 e. The van der Waals surface area contributed by atoms with Crippen LogP contribution in [-0.2, 0) is 19.1 Å². The largest absolute Gasteiger partial charge is 0.497 e. The molecule has 1 aromatic rings. The highest BCUT2D eigenvalue weighted by Gasteiger charge is 2.31. The SMILES string of the molecule is COc1ccc(C=CC(=O)C2=CC(C)C(C)(OCCN3CCCC3)C=C2)cc1.O=C(O)/C=C/C(=O)O. The molecule has 2 unspecified atom stereocenters. The van der Waals surface area contributed by atoms with Crippen LogP contribution >= 0.6 is 0 Å². The molecular weight excluding hydrogens is 462 g/mol. The second-order valence-corrected chi connectivity index (χ2v) is 8.81. The van der Waals surface area contributed by atoms with Crippen LogP contribution in [0.4, 0.5) is 0 Å². The van der Waals surface area contributed by atoms with Crippen LogP contribution in [0.3, 0.4) is 0 Å². The van der Waals surface area contributed by atoms with Gasteiger partial charge in [-0.25, -0.2) is 9.59 Å². The molecule has 2 aliphatic rings. The fourth-order valence-corrected chi connectivity index (χ4v) is 3.77. The van der Waals surface area contributed by atoms with Gasteiger partial charge < -0.3 is 24.6 Å². The zero-order chi connectivity index (χ0) is 26.6. The summed E-state index contributed by atoms with van der Waals surface area (Å²) >= 11 is 0. The molecule has 0 amide bonds. The molecule has 0 bridgehead atoms. The highest BCUT2D eigenvalue weighted by Crippen LogP contribution is 2.31. The number of carboxylic acids is 2. The number of benzene rings is 1. The first-order chi connectivity index (χ1) is 17.1. The number of nitrogens with zero attached hydrogens (tertiary/aromatic N) is 1. The Morgan fingerprint density at radius 3 is 2.19 bits per heavy atom. The number of methoxy groups -OCH3 is 1. The first-order valence-electron chi connectivity index (χ1n) is 11.9. The fourth-order valence-electron chi connectivity index (χ4n) is 3.77. The molecule has 8 heteroatoms. The minimum atomic E-state index is -1.26. The minimum Gasteiger partial charge on any atom is -0.497 e. The lowest BCUT2D eigenvalue weighted by molar-refractivity contribution is -0.134. The van der Waals surface area contributed by atoms with Gasteiger partial charge in [0.25, 0.3) is 0 Å². The predicted octanol–water partition coefficient (Wildman–Crippen LogP) is 3.99. The minimum absolute atomic E-state index is 0.0121. The number of hydrogen-bond acceptors (Lipinski definition) is 6. The van der Waals surface area contributed by atoms with E-state index in [0.717, 1.165) is 30.0 Å². The van der Waals surface area contributed by atoms with E-state index in [1.165, 1.54) is 25.9 Å². The lowest BCUT2D eigenvalue weighted by Gasteiger charge is -2.34. The molecule has 1 saturated heterocycles. The topological polar surface area (TPSA) is 113 Å². The Bertz CT molecular complexity index is 1000. The van der Waals surface area contributed by atoms with Gasteiger partial charge in [-0.1, -0.05) is 43.4 Å². The second kappa shape index (κ2) is 14.2. The Hall–Kier alpha value is -3.49. The molecule has 8 nitrogen and oxygen atoms in total. The highest BCUT2D eigenvalue weighted by molar-refractivity contribution is 6.08. The maximum absolute atomic E-state index is 12.6. The summed E-state index contributed by atoms with van der Waals surface area (Å²) in [6.07, 6.45) is 13.1. The van der Waals surface area contributed by atoms with Crippen molar-refractivity contribution < 1.29 is 34.1 Å². The number of likely N-dealkylation sites (tertiary alicyclic amines) is 1. The summed E-state index contributed by atoms with van der Waals surface area (Å²) in [5, 5.41) is 15.6. The van der Waals surface area contributed by atoms with Gasteiger partial charge in [-0.3, -0.25) is 4.79 Å². The molecule has 1 aliphatic carbocycles. The molecule has 0 radical (unpaired) electrons. The summed E-state index contributed by atoms with van der Waals surface area (Å²) in [6.45, 7) is 8.29. The Kier molecular flexibility index (Phi) is 11.3. The van der Waals surface area contributed by atoms with Gasteiger partial charge in [0.2, 0.25) is 0 Å². The Labute approximate surface area is 212 Å². The highest BCUT2D eigenvalue weighted by atomic mass is 16.5. The number of ether oxygens (including phenoxy) is 2. The van der Waals surface area contributed by atoms with Gasteiger partial charge in [-0.2, -0.15) is 0 Å². The van der Waals surface area contributed by atoms with Crippen molar-refractivity contribution in [2.24, 2.45) is 5.92 Å². The summed E-state index contributed by atoms with van der Waals surface area (Å²) in [5.41, 5.74) is 1.33. The van der Waals surface area contributed by atoms with Gasteiger partial charge >= 0.3 is 11.9 Å². The van der Waals surface area contributed by atoms with E-state index in [1.54, 1.807) is 13.2 Å². The zero-order valence-corrected chi connectivity index (χ0v) is 21.1. The molecule has 194 valence electrons. The molecule has 1 fully saturated rings. The van der Waals surface area contributed by atoms with Gasteiger partial charge in [0, 0.05) is 30.2 Å². The van der Waals surface area contributed by atoms with Crippen molar-refractivity contribution in [2.75, 3.05) is 33.4 Å². The lowest BCUT2D eigenvalue weighted by Crippen LogP contribution is -2.38. The van der Waals surface area contributed by atoms with E-state index in [2.05, 4.69) is 18.7 Å². The van der Waals surface area contributed by atoms with E-state index in [-0.39, 0.29) is 17.3 Å². The molecule has 3 rings (SSSR count). The van der Waals surface area contributed by atoms with Crippen molar-refractivity contribution >= 4 is 23.8 Å². The number of rotatable bonds is 10. The average molecular weight is 498 g/mol. The first-order valence-corrected chi connectivity index (χ1v) is 11.9. The standard InChI is InChI=1S/C24H31NO3.C4H4O4/c1-19-18-21(23(26)11-8-20-6-9-22(27-3)10-7-20)12-13-24(19,2)28-17-16-25-14-4-5-15-25;5-3(6)1-2-4(7)8/h6-13,18-19H,4-5,14-17H2,1-3H3;1-2H,(H,5,6)(H,7,8)/b;2-1+. The number of carboxylic acid groups (broad SMARTS) is 2. The van der Waals surface area contributed by atoms with Crippen LogP contribution in [-0.4, -0.2) is 71.8 Å². The van der Waals surface area contributed by atoms with E-state index < -0.39 is 11.9 Å². The third kappa shape index (κ3) is 9.64. The van der Waals surface area contributed by atoms with Crippen molar-refractivity contribution in [1.29, 1.82) is 0 Å². The molecule has 0 spiro atoms. The van der Waals surface area contributed by atoms with Crippen molar-refractivity contribution in [2.45, 2.75) is 32.3 Å². The average Bonchev–Trinajstić information content (AvgIpc) is 3.37. The maximum Gasteiger partial charge on any atom is 0.328 e. The molecule has 0 saturated carbocycles. The number of hydrogen-bond donors (Lipinski definition) is 2.